The molecular formula is C11H24N2. The third-order valence-corrected chi connectivity index (χ3v) is 2.40. The third-order valence-electron chi connectivity index (χ3n) is 2.40. The van der Waals surface area contributed by atoms with Crippen molar-refractivity contribution in [2.75, 3.05) is 26.2 Å². The molecular weight excluding hydrogens is 160 g/mol. The Morgan fingerprint density at radius 2 is 1.77 bits per heavy atom. The molecule has 0 saturated carbocycles. The zero-order chi connectivity index (χ0) is 9.84. The summed E-state index contributed by atoms with van der Waals surface area (Å²) >= 11 is 0. The highest BCUT2D eigenvalue weighted by molar-refractivity contribution is 4.86. The van der Waals surface area contributed by atoms with Crippen LogP contribution in [-0.2, 0) is 0 Å². The van der Waals surface area contributed by atoms with Crippen molar-refractivity contribution < 1.29 is 0 Å². The van der Waals surface area contributed by atoms with Crippen LogP contribution in [0, 0.1) is 11.8 Å². The van der Waals surface area contributed by atoms with Crippen molar-refractivity contribution in [3.63, 3.8) is 0 Å². The lowest BCUT2D eigenvalue weighted by Crippen LogP contribution is -2.59. The van der Waals surface area contributed by atoms with Gasteiger partial charge in [0.2, 0.25) is 0 Å². The fourth-order valence-electron chi connectivity index (χ4n) is 1.77. The Balaban J connectivity index is 1.98. The van der Waals surface area contributed by atoms with Crippen molar-refractivity contribution in [3.8, 4) is 0 Å². The average molecular weight is 184 g/mol. The summed E-state index contributed by atoms with van der Waals surface area (Å²) in [5, 5.41) is 3.58. The van der Waals surface area contributed by atoms with E-state index >= 15 is 0 Å². The van der Waals surface area contributed by atoms with E-state index in [1.165, 1.54) is 26.2 Å². The van der Waals surface area contributed by atoms with E-state index in [0.717, 1.165) is 17.9 Å². The van der Waals surface area contributed by atoms with Gasteiger partial charge in [-0.2, -0.15) is 0 Å². The van der Waals surface area contributed by atoms with E-state index in [4.69, 9.17) is 0 Å². The molecule has 2 nitrogen and oxygen atoms in total. The molecule has 0 amide bonds. The minimum atomic E-state index is 0.765. The summed E-state index contributed by atoms with van der Waals surface area (Å²) in [4.78, 5) is 2.53. The van der Waals surface area contributed by atoms with Gasteiger partial charge in [0.1, 0.15) is 0 Å². The summed E-state index contributed by atoms with van der Waals surface area (Å²) in [6.07, 6.45) is 0. The van der Waals surface area contributed by atoms with Gasteiger partial charge in [-0.15, -0.1) is 0 Å². The quantitative estimate of drug-likeness (QED) is 0.698. The zero-order valence-electron chi connectivity index (χ0n) is 9.51. The second kappa shape index (κ2) is 4.97. The lowest BCUT2D eigenvalue weighted by Gasteiger charge is -2.41. The number of nitrogens with one attached hydrogen (secondary N) is 1. The van der Waals surface area contributed by atoms with Crippen LogP contribution >= 0.6 is 0 Å². The van der Waals surface area contributed by atoms with E-state index in [1.807, 2.05) is 0 Å². The Morgan fingerprint density at radius 1 is 1.15 bits per heavy atom. The lowest BCUT2D eigenvalue weighted by atomic mass is 10.1. The molecule has 0 spiro atoms. The Bertz CT molecular complexity index is 137. The minimum absolute atomic E-state index is 0.765. The van der Waals surface area contributed by atoms with Crippen LogP contribution in [0.15, 0.2) is 0 Å². The molecule has 1 rings (SSSR count). The molecule has 0 aliphatic carbocycles. The van der Waals surface area contributed by atoms with Crippen LogP contribution in [-0.4, -0.2) is 37.1 Å². The Hall–Kier alpha value is -0.0800. The van der Waals surface area contributed by atoms with Crippen LogP contribution in [0.5, 0.6) is 0 Å². The molecule has 0 radical (unpaired) electrons. The lowest BCUT2D eigenvalue weighted by molar-refractivity contribution is 0.110. The largest absolute Gasteiger partial charge is 0.311 e. The van der Waals surface area contributed by atoms with E-state index in [1.54, 1.807) is 0 Å². The molecule has 0 aromatic heterocycles. The third kappa shape index (κ3) is 4.10. The second-order valence-corrected chi connectivity index (χ2v) is 5.11. The van der Waals surface area contributed by atoms with Gasteiger partial charge in [-0.25, -0.2) is 0 Å². The normalized spacial score (nSPS) is 19.8. The highest BCUT2D eigenvalue weighted by atomic mass is 15.2. The maximum absolute atomic E-state index is 3.58. The summed E-state index contributed by atoms with van der Waals surface area (Å²) in [5.41, 5.74) is 0. The van der Waals surface area contributed by atoms with Crippen molar-refractivity contribution in [2.24, 2.45) is 11.8 Å². The van der Waals surface area contributed by atoms with Crippen LogP contribution in [0.3, 0.4) is 0 Å². The highest BCUT2D eigenvalue weighted by Gasteiger charge is 2.25. The van der Waals surface area contributed by atoms with Gasteiger partial charge >= 0.3 is 0 Å². The summed E-state index contributed by atoms with van der Waals surface area (Å²) in [5.74, 6) is 1.59. The van der Waals surface area contributed by atoms with E-state index in [0.29, 0.717) is 0 Å². The van der Waals surface area contributed by atoms with E-state index in [2.05, 4.69) is 37.9 Å². The summed E-state index contributed by atoms with van der Waals surface area (Å²) in [6.45, 7) is 14.0. The Kier molecular flexibility index (Phi) is 4.20. The average Bonchev–Trinajstić information content (AvgIpc) is 1.92. The Labute approximate surface area is 82.7 Å². The van der Waals surface area contributed by atoms with Crippen LogP contribution in [0.25, 0.3) is 0 Å². The van der Waals surface area contributed by atoms with Gasteiger partial charge in [0.25, 0.3) is 0 Å². The number of rotatable bonds is 5. The van der Waals surface area contributed by atoms with Crippen molar-refractivity contribution in [2.45, 2.75) is 33.7 Å². The standard InChI is InChI=1S/C11H24N2/c1-9(2)5-12-11-7-13(8-11)6-10(3)4/h9-12H,5-8H2,1-4H3. The number of nitrogens with zero attached hydrogens (tertiary/aromatic N) is 1. The van der Waals surface area contributed by atoms with Gasteiger partial charge in [0.05, 0.1) is 0 Å². The van der Waals surface area contributed by atoms with Crippen molar-refractivity contribution in [1.82, 2.24) is 10.2 Å². The zero-order valence-corrected chi connectivity index (χ0v) is 9.51. The van der Waals surface area contributed by atoms with Gasteiger partial charge in [-0.1, -0.05) is 27.7 Å². The summed E-state index contributed by atoms with van der Waals surface area (Å²) < 4.78 is 0. The SMILES string of the molecule is CC(C)CNC1CN(CC(C)C)C1. The minimum Gasteiger partial charge on any atom is -0.311 e. The van der Waals surface area contributed by atoms with Crippen LogP contribution in [0.2, 0.25) is 0 Å². The van der Waals surface area contributed by atoms with Crippen molar-refractivity contribution in [3.05, 3.63) is 0 Å². The molecule has 1 N–H and O–H groups in total. The molecule has 0 unspecified atom stereocenters. The van der Waals surface area contributed by atoms with E-state index in [-0.39, 0.29) is 0 Å². The first-order valence-corrected chi connectivity index (χ1v) is 5.53. The fourth-order valence-corrected chi connectivity index (χ4v) is 1.77. The summed E-state index contributed by atoms with van der Waals surface area (Å²) in [7, 11) is 0. The molecule has 1 heterocycles. The maximum atomic E-state index is 3.58. The first-order chi connectivity index (χ1) is 6.08. The molecule has 0 bridgehead atoms. The van der Waals surface area contributed by atoms with Crippen LogP contribution in [0.4, 0.5) is 0 Å². The van der Waals surface area contributed by atoms with Gasteiger partial charge in [-0.3, -0.25) is 4.90 Å². The van der Waals surface area contributed by atoms with Crippen molar-refractivity contribution >= 4 is 0 Å². The molecule has 0 aromatic carbocycles. The van der Waals surface area contributed by atoms with Crippen LogP contribution < -0.4 is 5.32 Å². The molecule has 1 aliphatic rings. The molecule has 0 atom stereocenters. The number of likely N-dealkylation sites (tertiary alicyclic amines) is 1. The number of hydrogen-bond acceptors (Lipinski definition) is 2. The second-order valence-electron chi connectivity index (χ2n) is 5.11. The maximum Gasteiger partial charge on any atom is 0.0322 e. The first-order valence-electron chi connectivity index (χ1n) is 5.53. The topological polar surface area (TPSA) is 15.3 Å². The highest BCUT2D eigenvalue weighted by Crippen LogP contribution is 2.10. The predicted molar refractivity (Wildman–Crippen MR) is 57.9 cm³/mol. The van der Waals surface area contributed by atoms with Crippen molar-refractivity contribution in [1.29, 1.82) is 0 Å². The monoisotopic (exact) mass is 184 g/mol. The van der Waals surface area contributed by atoms with Gasteiger partial charge in [0, 0.05) is 25.7 Å². The van der Waals surface area contributed by atoms with E-state index < -0.39 is 0 Å². The molecule has 1 fully saturated rings. The predicted octanol–water partition coefficient (Wildman–Crippen LogP) is 1.57. The van der Waals surface area contributed by atoms with E-state index in [9.17, 15) is 0 Å². The molecule has 13 heavy (non-hydrogen) atoms. The molecule has 1 saturated heterocycles. The van der Waals surface area contributed by atoms with Gasteiger partial charge in [-0.05, 0) is 18.4 Å². The molecule has 78 valence electrons. The Morgan fingerprint density at radius 3 is 2.23 bits per heavy atom. The summed E-state index contributed by atoms with van der Waals surface area (Å²) in [6, 6.07) is 0.765. The van der Waals surface area contributed by atoms with Gasteiger partial charge < -0.3 is 5.32 Å². The van der Waals surface area contributed by atoms with Gasteiger partial charge in [0.15, 0.2) is 0 Å². The fraction of sp³-hybridized carbons (Fsp3) is 1.00. The molecule has 0 aromatic rings. The smallest absolute Gasteiger partial charge is 0.0322 e. The molecule has 1 aliphatic heterocycles. The first kappa shape index (κ1) is 11.0. The number of hydrogen-bond donors (Lipinski definition) is 1. The van der Waals surface area contributed by atoms with Crippen LogP contribution in [0.1, 0.15) is 27.7 Å². The molecule has 2 heteroatoms.